The first kappa shape index (κ1) is 13.9. The lowest BCUT2D eigenvalue weighted by Gasteiger charge is -2.06. The Morgan fingerprint density at radius 3 is 2.63 bits per heavy atom. The SMILES string of the molecule is Cc1nnc(S(=O)(=O)NCCOc2ccccc2)s1. The van der Waals surface area contributed by atoms with E-state index in [2.05, 4.69) is 14.9 Å². The first-order valence-corrected chi connectivity index (χ1v) is 7.85. The molecule has 0 radical (unpaired) electrons. The lowest BCUT2D eigenvalue weighted by atomic mass is 10.3. The van der Waals surface area contributed by atoms with Crippen molar-refractivity contribution in [2.45, 2.75) is 11.3 Å². The monoisotopic (exact) mass is 299 g/mol. The third kappa shape index (κ3) is 3.98. The van der Waals surface area contributed by atoms with Crippen LogP contribution in [0.5, 0.6) is 5.75 Å². The van der Waals surface area contributed by atoms with E-state index >= 15 is 0 Å². The molecule has 0 unspecified atom stereocenters. The van der Waals surface area contributed by atoms with Crippen LogP contribution in [0.2, 0.25) is 0 Å². The van der Waals surface area contributed by atoms with E-state index < -0.39 is 10.0 Å². The Kier molecular flexibility index (Phi) is 4.46. The fourth-order valence-corrected chi connectivity index (χ4v) is 3.33. The number of benzene rings is 1. The van der Waals surface area contributed by atoms with E-state index in [4.69, 9.17) is 4.74 Å². The third-order valence-corrected chi connectivity index (χ3v) is 4.81. The summed E-state index contributed by atoms with van der Waals surface area (Å²) in [6.07, 6.45) is 0. The van der Waals surface area contributed by atoms with Crippen LogP contribution in [0.15, 0.2) is 34.7 Å². The van der Waals surface area contributed by atoms with Gasteiger partial charge in [0.2, 0.25) is 4.34 Å². The number of nitrogens with zero attached hydrogens (tertiary/aromatic N) is 2. The van der Waals surface area contributed by atoms with Crippen molar-refractivity contribution in [3.05, 3.63) is 35.3 Å². The molecule has 0 aliphatic rings. The largest absolute Gasteiger partial charge is 0.492 e. The molecule has 0 aliphatic carbocycles. The average molecular weight is 299 g/mol. The van der Waals surface area contributed by atoms with Crippen LogP contribution in [0.4, 0.5) is 0 Å². The number of hydrogen-bond acceptors (Lipinski definition) is 6. The second-order valence-corrected chi connectivity index (χ2v) is 6.77. The van der Waals surface area contributed by atoms with Crippen LogP contribution in [0, 0.1) is 6.92 Å². The van der Waals surface area contributed by atoms with Crippen molar-refractivity contribution >= 4 is 21.4 Å². The fourth-order valence-electron chi connectivity index (χ4n) is 1.31. The summed E-state index contributed by atoms with van der Waals surface area (Å²) in [5, 5.41) is 7.89. The summed E-state index contributed by atoms with van der Waals surface area (Å²) in [6, 6.07) is 9.20. The maximum absolute atomic E-state index is 11.8. The molecule has 2 rings (SSSR count). The van der Waals surface area contributed by atoms with Gasteiger partial charge in [0.05, 0.1) is 0 Å². The zero-order valence-electron chi connectivity index (χ0n) is 10.2. The third-order valence-electron chi connectivity index (χ3n) is 2.14. The molecule has 6 nitrogen and oxygen atoms in total. The minimum atomic E-state index is -3.58. The van der Waals surface area contributed by atoms with Gasteiger partial charge in [-0.2, -0.15) is 0 Å². The van der Waals surface area contributed by atoms with Crippen molar-refractivity contribution in [3.63, 3.8) is 0 Å². The highest BCUT2D eigenvalue weighted by Crippen LogP contribution is 2.13. The van der Waals surface area contributed by atoms with Crippen molar-refractivity contribution in [2.75, 3.05) is 13.2 Å². The highest BCUT2D eigenvalue weighted by Gasteiger charge is 2.18. The number of rotatable bonds is 6. The maximum Gasteiger partial charge on any atom is 0.269 e. The van der Waals surface area contributed by atoms with Crippen LogP contribution in [-0.2, 0) is 10.0 Å². The minimum Gasteiger partial charge on any atom is -0.492 e. The van der Waals surface area contributed by atoms with Crippen LogP contribution < -0.4 is 9.46 Å². The smallest absolute Gasteiger partial charge is 0.269 e. The number of para-hydroxylation sites is 1. The van der Waals surface area contributed by atoms with Crippen molar-refractivity contribution < 1.29 is 13.2 Å². The summed E-state index contributed by atoms with van der Waals surface area (Å²) in [4.78, 5) is 0. The fraction of sp³-hybridized carbons (Fsp3) is 0.273. The van der Waals surface area contributed by atoms with Gasteiger partial charge in [-0.25, -0.2) is 13.1 Å². The van der Waals surface area contributed by atoms with Gasteiger partial charge in [0.15, 0.2) is 0 Å². The number of hydrogen-bond donors (Lipinski definition) is 1. The van der Waals surface area contributed by atoms with Crippen LogP contribution >= 0.6 is 11.3 Å². The van der Waals surface area contributed by atoms with Crippen LogP contribution in [-0.4, -0.2) is 31.8 Å². The predicted octanol–water partition coefficient (Wildman–Crippen LogP) is 1.20. The summed E-state index contributed by atoms with van der Waals surface area (Å²) >= 11 is 1.04. The molecular formula is C11H13N3O3S2. The summed E-state index contributed by atoms with van der Waals surface area (Å²) in [5.41, 5.74) is 0. The molecule has 0 aliphatic heterocycles. The summed E-state index contributed by atoms with van der Waals surface area (Å²) in [5.74, 6) is 0.702. The molecule has 0 saturated heterocycles. The Bertz CT molecular complexity index is 626. The van der Waals surface area contributed by atoms with Gasteiger partial charge >= 0.3 is 0 Å². The van der Waals surface area contributed by atoms with E-state index in [-0.39, 0.29) is 17.5 Å². The Morgan fingerprint density at radius 2 is 2.00 bits per heavy atom. The number of ether oxygens (including phenoxy) is 1. The van der Waals surface area contributed by atoms with E-state index in [0.717, 1.165) is 11.3 Å². The molecule has 0 bridgehead atoms. The molecule has 19 heavy (non-hydrogen) atoms. The summed E-state index contributed by atoms with van der Waals surface area (Å²) < 4.78 is 31.4. The number of sulfonamides is 1. The Morgan fingerprint density at radius 1 is 1.26 bits per heavy atom. The molecule has 1 N–H and O–H groups in total. The molecule has 0 fully saturated rings. The number of nitrogens with one attached hydrogen (secondary N) is 1. The second-order valence-electron chi connectivity index (χ2n) is 3.65. The predicted molar refractivity (Wildman–Crippen MR) is 71.8 cm³/mol. The van der Waals surface area contributed by atoms with Gasteiger partial charge in [0.1, 0.15) is 17.4 Å². The lowest BCUT2D eigenvalue weighted by molar-refractivity contribution is 0.323. The Hall–Kier alpha value is -1.51. The molecule has 1 heterocycles. The van der Waals surface area contributed by atoms with Gasteiger partial charge in [-0.05, 0) is 19.1 Å². The van der Waals surface area contributed by atoms with Crippen molar-refractivity contribution in [3.8, 4) is 5.75 Å². The van der Waals surface area contributed by atoms with E-state index in [0.29, 0.717) is 10.8 Å². The first-order valence-electron chi connectivity index (χ1n) is 5.55. The zero-order chi connectivity index (χ0) is 13.7. The van der Waals surface area contributed by atoms with Crippen molar-refractivity contribution in [1.82, 2.24) is 14.9 Å². The number of aryl methyl sites for hydroxylation is 1. The van der Waals surface area contributed by atoms with Crippen molar-refractivity contribution in [2.24, 2.45) is 0 Å². The van der Waals surface area contributed by atoms with Gasteiger partial charge in [-0.3, -0.25) is 0 Å². The van der Waals surface area contributed by atoms with Crippen LogP contribution in [0.25, 0.3) is 0 Å². The minimum absolute atomic E-state index is 0.0234. The highest BCUT2D eigenvalue weighted by atomic mass is 32.2. The van der Waals surface area contributed by atoms with E-state index in [1.54, 1.807) is 6.92 Å². The van der Waals surface area contributed by atoms with Gasteiger partial charge in [-0.1, -0.05) is 29.5 Å². The highest BCUT2D eigenvalue weighted by molar-refractivity contribution is 7.91. The topological polar surface area (TPSA) is 81.2 Å². The molecule has 0 amide bonds. The molecule has 1 aromatic heterocycles. The zero-order valence-corrected chi connectivity index (χ0v) is 11.9. The number of aromatic nitrogens is 2. The molecule has 102 valence electrons. The van der Waals surface area contributed by atoms with Crippen LogP contribution in [0.1, 0.15) is 5.01 Å². The molecule has 0 atom stereocenters. The summed E-state index contributed by atoms with van der Waals surface area (Å²) in [7, 11) is -3.58. The van der Waals surface area contributed by atoms with Crippen molar-refractivity contribution in [1.29, 1.82) is 0 Å². The first-order chi connectivity index (χ1) is 9.08. The molecule has 0 saturated carbocycles. The molecule has 2 aromatic rings. The normalized spacial score (nSPS) is 11.4. The maximum atomic E-state index is 11.8. The Balaban J connectivity index is 1.83. The molecule has 0 spiro atoms. The van der Waals surface area contributed by atoms with E-state index in [9.17, 15) is 8.42 Å². The average Bonchev–Trinajstić information content (AvgIpc) is 2.84. The molecule has 8 heteroatoms. The van der Waals surface area contributed by atoms with Gasteiger partial charge < -0.3 is 4.74 Å². The molecular weight excluding hydrogens is 286 g/mol. The van der Waals surface area contributed by atoms with E-state index in [1.807, 2.05) is 30.3 Å². The quantitative estimate of drug-likeness (QED) is 0.811. The standard InChI is InChI=1S/C11H13N3O3S2/c1-9-13-14-11(18-9)19(15,16)12-7-8-17-10-5-3-2-4-6-10/h2-6,12H,7-8H2,1H3. The van der Waals surface area contributed by atoms with Gasteiger partial charge in [0, 0.05) is 6.54 Å². The molecule has 1 aromatic carbocycles. The lowest BCUT2D eigenvalue weighted by Crippen LogP contribution is -2.28. The second kappa shape index (κ2) is 6.09. The van der Waals surface area contributed by atoms with Crippen LogP contribution in [0.3, 0.4) is 0 Å². The van der Waals surface area contributed by atoms with Gasteiger partial charge in [-0.15, -0.1) is 10.2 Å². The van der Waals surface area contributed by atoms with E-state index in [1.165, 1.54) is 0 Å². The Labute approximate surface area is 115 Å². The summed E-state index contributed by atoms with van der Waals surface area (Å²) in [6.45, 7) is 2.13. The van der Waals surface area contributed by atoms with Gasteiger partial charge in [0.25, 0.3) is 10.0 Å².